The topological polar surface area (TPSA) is 58.6 Å². The summed E-state index contributed by atoms with van der Waals surface area (Å²) in [5.41, 5.74) is 0.983. The Bertz CT molecular complexity index is 327. The van der Waals surface area contributed by atoms with Gasteiger partial charge in [0.05, 0.1) is 12.5 Å². The molecule has 0 saturated carbocycles. The number of ether oxygens (including phenoxy) is 1. The van der Waals surface area contributed by atoms with Crippen LogP contribution < -0.4 is 5.32 Å². The number of hydrogen-bond acceptors (Lipinski definition) is 4. The molecule has 94 valence electrons. The predicted octanol–water partition coefficient (Wildman–Crippen LogP) is 0.948. The molecule has 0 amide bonds. The van der Waals surface area contributed by atoms with E-state index < -0.39 is 0 Å². The molecule has 4 heteroatoms. The van der Waals surface area contributed by atoms with Gasteiger partial charge in [0.2, 0.25) is 0 Å². The van der Waals surface area contributed by atoms with Crippen LogP contribution in [0.2, 0.25) is 0 Å². The largest absolute Gasteiger partial charge is 0.461 e. The fraction of sp³-hybridized carbons (Fsp3) is 0.462. The normalized spacial score (nSPS) is 12.1. The second-order valence-corrected chi connectivity index (χ2v) is 3.92. The minimum absolute atomic E-state index is 0.0752. The van der Waals surface area contributed by atoms with Crippen molar-refractivity contribution in [3.8, 4) is 0 Å². The molecule has 0 saturated heterocycles. The second kappa shape index (κ2) is 7.81. The van der Waals surface area contributed by atoms with Crippen LogP contribution in [-0.2, 0) is 16.1 Å². The van der Waals surface area contributed by atoms with E-state index in [1.165, 1.54) is 0 Å². The number of esters is 1. The molecule has 2 N–H and O–H groups in total. The van der Waals surface area contributed by atoms with E-state index in [-0.39, 0.29) is 18.5 Å². The van der Waals surface area contributed by atoms with Gasteiger partial charge in [-0.25, -0.2) is 0 Å². The molecule has 1 aromatic carbocycles. The Balaban J connectivity index is 2.24. The Morgan fingerprint density at radius 1 is 1.41 bits per heavy atom. The first kappa shape index (κ1) is 13.7. The zero-order valence-corrected chi connectivity index (χ0v) is 10.1. The molecule has 0 aliphatic rings. The van der Waals surface area contributed by atoms with Gasteiger partial charge in [0.15, 0.2) is 0 Å². The lowest BCUT2D eigenvalue weighted by molar-refractivity contribution is -0.149. The summed E-state index contributed by atoms with van der Waals surface area (Å²) in [5.74, 6) is -0.426. The van der Waals surface area contributed by atoms with Crippen LogP contribution in [-0.4, -0.2) is 30.8 Å². The fourth-order valence-corrected chi connectivity index (χ4v) is 1.35. The zero-order valence-electron chi connectivity index (χ0n) is 10.1. The molecule has 1 aromatic rings. The van der Waals surface area contributed by atoms with Crippen molar-refractivity contribution in [1.82, 2.24) is 5.32 Å². The molecule has 17 heavy (non-hydrogen) atoms. The molecule has 0 heterocycles. The molecule has 0 aromatic heterocycles. The maximum Gasteiger partial charge on any atom is 0.310 e. The van der Waals surface area contributed by atoms with Gasteiger partial charge in [-0.1, -0.05) is 37.3 Å². The van der Waals surface area contributed by atoms with Crippen molar-refractivity contribution in [2.75, 3.05) is 19.7 Å². The Morgan fingerprint density at radius 2 is 2.12 bits per heavy atom. The Hall–Kier alpha value is -1.39. The van der Waals surface area contributed by atoms with E-state index in [2.05, 4.69) is 5.32 Å². The van der Waals surface area contributed by atoms with Gasteiger partial charge in [-0.2, -0.15) is 0 Å². The zero-order chi connectivity index (χ0) is 12.5. The van der Waals surface area contributed by atoms with E-state index in [4.69, 9.17) is 9.84 Å². The van der Waals surface area contributed by atoms with Gasteiger partial charge < -0.3 is 15.2 Å². The highest BCUT2D eigenvalue weighted by molar-refractivity contribution is 5.72. The van der Waals surface area contributed by atoms with Crippen LogP contribution in [0.25, 0.3) is 0 Å². The van der Waals surface area contributed by atoms with E-state index >= 15 is 0 Å². The number of aliphatic hydroxyl groups excluding tert-OH is 1. The maximum atomic E-state index is 11.6. The van der Waals surface area contributed by atoms with Crippen molar-refractivity contribution in [3.05, 3.63) is 35.9 Å². The average Bonchev–Trinajstić information content (AvgIpc) is 2.37. The Labute approximate surface area is 102 Å². The van der Waals surface area contributed by atoms with E-state index in [1.54, 1.807) is 6.92 Å². The first-order valence-electron chi connectivity index (χ1n) is 5.76. The molecule has 1 atom stereocenters. The number of carbonyl (C=O) groups excluding carboxylic acids is 1. The van der Waals surface area contributed by atoms with Crippen molar-refractivity contribution in [3.63, 3.8) is 0 Å². The van der Waals surface area contributed by atoms with Crippen molar-refractivity contribution < 1.29 is 14.6 Å². The summed E-state index contributed by atoms with van der Waals surface area (Å²) in [7, 11) is 0. The Kier molecular flexibility index (Phi) is 6.29. The molecule has 0 spiro atoms. The molecule has 0 aliphatic heterocycles. The van der Waals surface area contributed by atoms with E-state index in [9.17, 15) is 4.79 Å². The minimum atomic E-state index is -0.223. The molecule has 1 unspecified atom stereocenters. The number of nitrogens with one attached hydrogen (secondary N) is 1. The number of hydrogen-bond donors (Lipinski definition) is 2. The lowest BCUT2D eigenvalue weighted by Gasteiger charge is -2.11. The fourth-order valence-electron chi connectivity index (χ4n) is 1.35. The van der Waals surface area contributed by atoms with E-state index in [0.717, 1.165) is 5.56 Å². The molecule has 4 nitrogen and oxygen atoms in total. The maximum absolute atomic E-state index is 11.6. The first-order chi connectivity index (χ1) is 8.24. The van der Waals surface area contributed by atoms with Crippen LogP contribution in [0.15, 0.2) is 30.3 Å². The molecule has 1 rings (SSSR count). The van der Waals surface area contributed by atoms with Gasteiger partial charge >= 0.3 is 5.97 Å². The number of aliphatic hydroxyl groups is 1. The van der Waals surface area contributed by atoms with E-state index in [0.29, 0.717) is 19.7 Å². The summed E-state index contributed by atoms with van der Waals surface area (Å²) < 4.78 is 5.18. The Morgan fingerprint density at radius 3 is 2.76 bits per heavy atom. The van der Waals surface area contributed by atoms with Crippen molar-refractivity contribution >= 4 is 5.97 Å². The van der Waals surface area contributed by atoms with Crippen LogP contribution in [0.1, 0.15) is 12.5 Å². The third kappa shape index (κ3) is 5.47. The number of carbonyl (C=O) groups is 1. The van der Waals surface area contributed by atoms with Crippen molar-refractivity contribution in [1.29, 1.82) is 0 Å². The lowest BCUT2D eigenvalue weighted by atomic mass is 10.2. The van der Waals surface area contributed by atoms with Gasteiger partial charge in [-0.3, -0.25) is 4.79 Å². The van der Waals surface area contributed by atoms with Crippen LogP contribution in [0, 0.1) is 5.92 Å². The van der Waals surface area contributed by atoms with Gasteiger partial charge in [-0.15, -0.1) is 0 Å². The first-order valence-corrected chi connectivity index (χ1v) is 5.76. The third-order valence-electron chi connectivity index (χ3n) is 2.37. The minimum Gasteiger partial charge on any atom is -0.461 e. The highest BCUT2D eigenvalue weighted by atomic mass is 16.5. The summed E-state index contributed by atoms with van der Waals surface area (Å²) in [5, 5.41) is 11.6. The average molecular weight is 237 g/mol. The summed E-state index contributed by atoms with van der Waals surface area (Å²) >= 11 is 0. The summed E-state index contributed by atoms with van der Waals surface area (Å²) in [4.78, 5) is 11.6. The summed E-state index contributed by atoms with van der Waals surface area (Å²) in [6.07, 6.45) is 0. The van der Waals surface area contributed by atoms with Crippen LogP contribution in [0.5, 0.6) is 0 Å². The van der Waals surface area contributed by atoms with Gasteiger partial charge in [0, 0.05) is 13.1 Å². The molecule has 0 bridgehead atoms. The van der Waals surface area contributed by atoms with Gasteiger partial charge in [0.25, 0.3) is 0 Å². The molecule has 0 radical (unpaired) electrons. The third-order valence-corrected chi connectivity index (χ3v) is 2.37. The quantitative estimate of drug-likeness (QED) is 0.547. The predicted molar refractivity (Wildman–Crippen MR) is 65.4 cm³/mol. The molecule has 0 fully saturated rings. The standard InChI is InChI=1S/C13H19NO3/c1-11(9-14-7-8-15)13(16)17-10-12-5-3-2-4-6-12/h2-6,11,14-15H,7-10H2,1H3. The number of rotatable bonds is 7. The highest BCUT2D eigenvalue weighted by Gasteiger charge is 2.13. The van der Waals surface area contributed by atoms with Crippen LogP contribution in [0.4, 0.5) is 0 Å². The second-order valence-electron chi connectivity index (χ2n) is 3.92. The lowest BCUT2D eigenvalue weighted by Crippen LogP contribution is -2.29. The molecular formula is C13H19NO3. The smallest absolute Gasteiger partial charge is 0.310 e. The molecular weight excluding hydrogens is 218 g/mol. The summed E-state index contributed by atoms with van der Waals surface area (Å²) in [6.45, 7) is 3.21. The SMILES string of the molecule is CC(CNCCO)C(=O)OCc1ccccc1. The van der Waals surface area contributed by atoms with Gasteiger partial charge in [-0.05, 0) is 5.56 Å². The van der Waals surface area contributed by atoms with Crippen LogP contribution in [0.3, 0.4) is 0 Å². The van der Waals surface area contributed by atoms with E-state index in [1.807, 2.05) is 30.3 Å². The molecule has 0 aliphatic carbocycles. The van der Waals surface area contributed by atoms with Crippen molar-refractivity contribution in [2.24, 2.45) is 5.92 Å². The summed E-state index contributed by atoms with van der Waals surface area (Å²) in [6, 6.07) is 9.58. The highest BCUT2D eigenvalue weighted by Crippen LogP contribution is 2.04. The van der Waals surface area contributed by atoms with Gasteiger partial charge in [0.1, 0.15) is 6.61 Å². The monoisotopic (exact) mass is 237 g/mol. The number of benzene rings is 1. The van der Waals surface area contributed by atoms with Crippen LogP contribution >= 0.6 is 0 Å². The van der Waals surface area contributed by atoms with Crippen molar-refractivity contribution in [2.45, 2.75) is 13.5 Å².